The molecule has 8 rings (SSSR count). The number of hydrogen-bond donors (Lipinski definition) is 2. The van der Waals surface area contributed by atoms with Crippen LogP contribution in [0.3, 0.4) is 0 Å². The number of carbonyl (C=O) groups excluding carboxylic acids is 4. The highest BCUT2D eigenvalue weighted by Crippen LogP contribution is 2.51. The number of aromatic nitrogens is 2. The van der Waals surface area contributed by atoms with E-state index in [9.17, 15) is 66.3 Å². The van der Waals surface area contributed by atoms with Crippen LogP contribution in [-0.2, 0) is 44.5 Å². The third-order valence-corrected chi connectivity index (χ3v) is 14.0. The fourth-order valence-electron chi connectivity index (χ4n) is 10.4. The van der Waals surface area contributed by atoms with Crippen molar-refractivity contribution in [1.82, 2.24) is 18.9 Å². The van der Waals surface area contributed by atoms with Crippen LogP contribution in [-0.4, -0.2) is 109 Å². The number of fused-ring (bicyclic) bond motifs is 2. The molecule has 23 heteroatoms. The first-order valence-corrected chi connectivity index (χ1v) is 26.4. The van der Waals surface area contributed by atoms with Gasteiger partial charge in [-0.15, -0.1) is 0 Å². The van der Waals surface area contributed by atoms with Crippen LogP contribution in [0, 0.1) is 22.7 Å². The van der Waals surface area contributed by atoms with Gasteiger partial charge in [0.2, 0.25) is 0 Å². The summed E-state index contributed by atoms with van der Waals surface area (Å²) in [6.45, 7) is 9.59. The Balaban J connectivity index is 1.09. The van der Waals surface area contributed by atoms with Gasteiger partial charge in [-0.05, 0) is 113 Å². The van der Waals surface area contributed by atoms with Crippen molar-refractivity contribution in [2.45, 2.75) is 103 Å². The normalized spacial score (nSPS) is 15.9. The number of esters is 2. The van der Waals surface area contributed by atoms with Gasteiger partial charge in [-0.3, -0.25) is 19.4 Å². The molecule has 6 aromatic rings. The Morgan fingerprint density at radius 1 is 0.578 bits per heavy atom. The molecule has 0 unspecified atom stereocenters. The number of benzene rings is 4. The van der Waals surface area contributed by atoms with Crippen molar-refractivity contribution >= 4 is 46.8 Å². The Hall–Kier alpha value is -8.96. The highest BCUT2D eigenvalue weighted by atomic mass is 19.4. The molecule has 0 bridgehead atoms. The molecule has 2 atom stereocenters. The molecular formula is C60H62F6N9O8+. The van der Waals surface area contributed by atoms with E-state index in [0.29, 0.717) is 41.5 Å². The smallest absolute Gasteiger partial charge is 0.416 e. The number of ether oxygens (including phenoxy) is 2. The minimum absolute atomic E-state index is 0.0484. The number of nitrogens with zero attached hydrogens (tertiary/aromatic N) is 9. The van der Waals surface area contributed by atoms with E-state index >= 15 is 0 Å². The lowest BCUT2D eigenvalue weighted by molar-refractivity contribution is -0.890. The fourth-order valence-corrected chi connectivity index (χ4v) is 10.4. The van der Waals surface area contributed by atoms with E-state index in [2.05, 4.69) is 0 Å². The zero-order valence-corrected chi connectivity index (χ0v) is 46.8. The van der Waals surface area contributed by atoms with Gasteiger partial charge in [0.25, 0.3) is 0 Å². The summed E-state index contributed by atoms with van der Waals surface area (Å²) in [7, 11) is 3.88. The first-order chi connectivity index (χ1) is 38.8. The lowest BCUT2D eigenvalue weighted by Gasteiger charge is -2.41. The second-order valence-corrected chi connectivity index (χ2v) is 23.0. The number of carbonyl (C=O) groups is 4. The largest absolute Gasteiger partial charge is 0.494 e. The molecule has 2 aliphatic heterocycles. The van der Waals surface area contributed by atoms with Gasteiger partial charge < -0.3 is 43.1 Å². The van der Waals surface area contributed by atoms with Gasteiger partial charge in [-0.2, -0.15) is 36.9 Å². The van der Waals surface area contributed by atoms with E-state index in [0.717, 1.165) is 56.0 Å². The van der Waals surface area contributed by atoms with E-state index in [1.165, 1.54) is 57.9 Å². The van der Waals surface area contributed by atoms with Gasteiger partial charge in [-0.1, -0.05) is 36.4 Å². The maximum atomic E-state index is 14.9. The molecular weight excluding hydrogens is 1090 g/mol. The van der Waals surface area contributed by atoms with Gasteiger partial charge in [0.1, 0.15) is 24.3 Å². The molecule has 4 amide bonds. The number of aryl methyl sites for hydroxylation is 2. The monoisotopic (exact) mass is 1150 g/mol. The van der Waals surface area contributed by atoms with Gasteiger partial charge >= 0.3 is 36.4 Å². The predicted molar refractivity (Wildman–Crippen MR) is 292 cm³/mol. The molecule has 0 saturated carbocycles. The summed E-state index contributed by atoms with van der Waals surface area (Å²) in [4.78, 5) is 61.0. The van der Waals surface area contributed by atoms with Crippen LogP contribution < -0.4 is 9.80 Å². The van der Waals surface area contributed by atoms with Crippen LogP contribution in [0.5, 0.6) is 11.8 Å². The molecule has 4 aromatic carbocycles. The minimum atomic E-state index is -4.79. The van der Waals surface area contributed by atoms with Gasteiger partial charge in [0.05, 0.1) is 108 Å². The van der Waals surface area contributed by atoms with Crippen LogP contribution >= 0.6 is 0 Å². The number of halogens is 6. The third kappa shape index (κ3) is 13.2. The van der Waals surface area contributed by atoms with Crippen LogP contribution in [0.2, 0.25) is 0 Å². The van der Waals surface area contributed by atoms with Crippen molar-refractivity contribution in [3.05, 3.63) is 154 Å². The molecule has 0 fully saturated rings. The average molecular weight is 1150 g/mol. The van der Waals surface area contributed by atoms with Crippen molar-refractivity contribution in [2.75, 3.05) is 50.1 Å². The summed E-state index contributed by atoms with van der Waals surface area (Å²) in [6.07, 6.45) is -5.89. The van der Waals surface area contributed by atoms with E-state index < -0.39 is 83.9 Å². The van der Waals surface area contributed by atoms with Crippen molar-refractivity contribution in [3.8, 4) is 23.9 Å². The van der Waals surface area contributed by atoms with Crippen molar-refractivity contribution < 1.29 is 69.7 Å². The van der Waals surface area contributed by atoms with E-state index in [1.807, 2.05) is 26.2 Å². The first kappa shape index (κ1) is 60.1. The number of amides is 4. The SMILES string of the molecule is CC(C)(C)OC(=O)CN1C(=O)N(c2cccc(C(F)(F)F)c2)c2cn(CCC[N+](C)(C)CCCn3cc4c(c3O)[C@@H](c3ccc(C#N)cc3)N(CC(=O)OC(C)(C)C)C(=O)N4c3cccc(C(F)(F)F)c3)c(O)c2[C@H]1c1ccc(C#N)cc1. The van der Waals surface area contributed by atoms with Crippen LogP contribution in [0.4, 0.5) is 58.7 Å². The van der Waals surface area contributed by atoms with Crippen molar-refractivity contribution in [3.63, 3.8) is 0 Å². The number of anilines is 4. The quantitative estimate of drug-likeness (QED) is 0.0534. The van der Waals surface area contributed by atoms with Crippen molar-refractivity contribution in [2.24, 2.45) is 0 Å². The second kappa shape index (κ2) is 22.8. The Bertz CT molecular complexity index is 3300. The topological polar surface area (TPSA) is 198 Å². The van der Waals surface area contributed by atoms with Crippen LogP contribution in [0.25, 0.3) is 0 Å². The molecule has 83 heavy (non-hydrogen) atoms. The Labute approximate surface area is 475 Å². The highest BCUT2D eigenvalue weighted by Gasteiger charge is 2.47. The molecule has 4 heterocycles. The summed E-state index contributed by atoms with van der Waals surface area (Å²) in [5, 5.41) is 43.7. The molecule has 2 aromatic heterocycles. The van der Waals surface area contributed by atoms with E-state index in [-0.39, 0.29) is 69.9 Å². The first-order valence-electron chi connectivity index (χ1n) is 26.4. The van der Waals surface area contributed by atoms with E-state index in [1.54, 1.807) is 65.8 Å². The van der Waals surface area contributed by atoms with Gasteiger partial charge in [0, 0.05) is 38.3 Å². The molecule has 2 aliphatic rings. The highest BCUT2D eigenvalue weighted by molar-refractivity contribution is 6.05. The standard InChI is InChI=1S/C60H61F6N9O8/c1-57(2,3)82-47(76)35-71-51(39-21-17-37(31-67)18-22-39)49-45(73(55(71)80)43-15-9-13-41(29-43)59(61,62)63)33-69(53(49)78)25-11-27-75(7,8)28-12-26-70-34-46-50(54(70)79)52(40-23-19-38(32-68)20-24-40)72(36-48(77)83-58(4,5)6)56(81)74(46)44-16-10-14-42(30-44)60(64,65)66/h9-10,13-24,29-30,33-34,51-52H,11-12,25-28,35-36H2,1-8H3,(H-,78,79)/p+1/t51-,52-/m1/s1. The maximum absolute atomic E-state index is 14.9. The summed E-state index contributed by atoms with van der Waals surface area (Å²) in [6, 6.07) is 20.3. The summed E-state index contributed by atoms with van der Waals surface area (Å²) in [5.74, 6) is -2.34. The maximum Gasteiger partial charge on any atom is 0.416 e. The number of rotatable bonds is 16. The Morgan fingerprint density at radius 3 is 1.24 bits per heavy atom. The Morgan fingerprint density at radius 2 is 0.928 bits per heavy atom. The van der Waals surface area contributed by atoms with Gasteiger partial charge in [0.15, 0.2) is 11.8 Å². The molecule has 17 nitrogen and oxygen atoms in total. The Kier molecular flexibility index (Phi) is 16.5. The van der Waals surface area contributed by atoms with E-state index in [4.69, 9.17) is 9.47 Å². The zero-order chi connectivity index (χ0) is 60.7. The number of nitriles is 2. The molecule has 2 N–H and O–H groups in total. The average Bonchev–Trinajstić information content (AvgIpc) is 2.27. The number of quaternary nitrogens is 1. The zero-order valence-electron chi connectivity index (χ0n) is 46.8. The van der Waals surface area contributed by atoms with Gasteiger partial charge in [-0.25, -0.2) is 9.59 Å². The molecule has 0 aliphatic carbocycles. The molecule has 0 saturated heterocycles. The number of hydrogen-bond acceptors (Lipinski definition) is 10. The lowest BCUT2D eigenvalue weighted by Crippen LogP contribution is -2.50. The third-order valence-electron chi connectivity index (χ3n) is 14.0. The second-order valence-electron chi connectivity index (χ2n) is 23.0. The molecule has 0 spiro atoms. The van der Waals surface area contributed by atoms with Crippen LogP contribution in [0.15, 0.2) is 109 Å². The predicted octanol–water partition coefficient (Wildman–Crippen LogP) is 12.0. The van der Waals surface area contributed by atoms with Crippen LogP contribution in [0.1, 0.15) is 111 Å². The summed E-state index contributed by atoms with van der Waals surface area (Å²) < 4.78 is 99.7. The summed E-state index contributed by atoms with van der Waals surface area (Å²) in [5.41, 5.74) is -2.84. The van der Waals surface area contributed by atoms with Crippen molar-refractivity contribution in [1.29, 1.82) is 10.5 Å². The number of alkyl halides is 6. The lowest BCUT2D eigenvalue weighted by atomic mass is 9.94. The molecule has 436 valence electrons. The summed E-state index contributed by atoms with van der Waals surface area (Å²) >= 11 is 0. The fraction of sp³-hybridized carbons (Fsp3) is 0.367. The molecule has 0 radical (unpaired) electrons. The number of aromatic hydroxyl groups is 2. The number of urea groups is 2. The minimum Gasteiger partial charge on any atom is -0.494 e.